The van der Waals surface area contributed by atoms with Crippen molar-refractivity contribution in [2.24, 2.45) is 11.8 Å². The molecule has 128 valence electrons. The molecule has 2 aliphatic heterocycles. The van der Waals surface area contributed by atoms with E-state index in [-0.39, 0.29) is 5.92 Å². The molecule has 0 aliphatic carbocycles. The summed E-state index contributed by atoms with van der Waals surface area (Å²) in [5.41, 5.74) is 0.955. The summed E-state index contributed by atoms with van der Waals surface area (Å²) in [5.74, 6) is 1.23. The number of amides is 1. The third kappa shape index (κ3) is 3.11. The number of hydrogen-bond donors (Lipinski definition) is 0. The minimum absolute atomic E-state index is 0.118. The molecule has 4 rings (SSSR count). The number of rotatable bonds is 2. The predicted octanol–water partition coefficient (Wildman–Crippen LogP) is 3.17. The zero-order chi connectivity index (χ0) is 16.5. The Balaban J connectivity index is 1.46. The van der Waals surface area contributed by atoms with Crippen molar-refractivity contribution < 1.29 is 4.79 Å². The van der Waals surface area contributed by atoms with Crippen LogP contribution in [0.1, 0.15) is 32.6 Å². The van der Waals surface area contributed by atoms with E-state index in [0.29, 0.717) is 5.91 Å². The van der Waals surface area contributed by atoms with Gasteiger partial charge < -0.3 is 9.80 Å². The molecule has 5 nitrogen and oxygen atoms in total. The lowest BCUT2D eigenvalue weighted by atomic mass is 9.94. The van der Waals surface area contributed by atoms with Crippen LogP contribution < -0.4 is 4.90 Å². The molecule has 1 amide bonds. The summed E-state index contributed by atoms with van der Waals surface area (Å²) < 4.78 is 0. The summed E-state index contributed by atoms with van der Waals surface area (Å²) in [6.07, 6.45) is 6.16. The van der Waals surface area contributed by atoms with Crippen molar-refractivity contribution >= 4 is 32.7 Å². The van der Waals surface area contributed by atoms with E-state index >= 15 is 0 Å². The number of anilines is 1. The Labute approximate surface area is 146 Å². The highest BCUT2D eigenvalue weighted by atomic mass is 32.1. The van der Waals surface area contributed by atoms with Crippen molar-refractivity contribution in [2.75, 3.05) is 31.1 Å². The van der Waals surface area contributed by atoms with Gasteiger partial charge in [0.1, 0.15) is 10.3 Å². The van der Waals surface area contributed by atoms with Crippen molar-refractivity contribution in [3.63, 3.8) is 0 Å². The van der Waals surface area contributed by atoms with E-state index in [0.717, 1.165) is 73.3 Å². The number of aromatic nitrogens is 2. The maximum Gasteiger partial charge on any atom is 0.227 e. The lowest BCUT2D eigenvalue weighted by molar-refractivity contribution is -0.137. The Hall–Kier alpha value is -1.69. The molecule has 0 radical (unpaired) electrons. The topological polar surface area (TPSA) is 49.3 Å². The van der Waals surface area contributed by atoms with E-state index in [2.05, 4.69) is 21.7 Å². The van der Waals surface area contributed by atoms with Crippen molar-refractivity contribution in [3.05, 3.63) is 18.3 Å². The van der Waals surface area contributed by atoms with Crippen LogP contribution in [0.2, 0.25) is 0 Å². The van der Waals surface area contributed by atoms with E-state index in [1.54, 1.807) is 11.3 Å². The number of piperidine rings is 2. The molecule has 6 heteroatoms. The second kappa shape index (κ2) is 6.67. The van der Waals surface area contributed by atoms with Crippen LogP contribution in [0.3, 0.4) is 0 Å². The molecule has 0 aromatic carbocycles. The third-order valence-corrected chi connectivity index (χ3v) is 6.33. The van der Waals surface area contributed by atoms with Gasteiger partial charge in [-0.15, -0.1) is 0 Å². The Bertz CT molecular complexity index is 690. The first kappa shape index (κ1) is 15.8. The van der Waals surface area contributed by atoms with E-state index < -0.39 is 0 Å². The van der Waals surface area contributed by atoms with Gasteiger partial charge in [0.25, 0.3) is 0 Å². The van der Waals surface area contributed by atoms with Crippen LogP contribution in [0.15, 0.2) is 18.3 Å². The fourth-order valence-electron chi connectivity index (χ4n) is 3.73. The molecular weight excluding hydrogens is 320 g/mol. The number of fused-ring (bicyclic) bond motifs is 1. The lowest BCUT2D eigenvalue weighted by Crippen LogP contribution is -2.47. The average Bonchev–Trinajstić information content (AvgIpc) is 3.06. The summed E-state index contributed by atoms with van der Waals surface area (Å²) in [7, 11) is 0. The fraction of sp³-hybridized carbons (Fsp3) is 0.611. The molecule has 0 spiro atoms. The first-order chi connectivity index (χ1) is 11.7. The molecule has 4 heterocycles. The summed E-state index contributed by atoms with van der Waals surface area (Å²) in [4.78, 5) is 27.3. The van der Waals surface area contributed by atoms with E-state index in [1.165, 1.54) is 0 Å². The quantitative estimate of drug-likeness (QED) is 0.840. The van der Waals surface area contributed by atoms with Gasteiger partial charge in [0.05, 0.1) is 5.92 Å². The van der Waals surface area contributed by atoms with Gasteiger partial charge in [-0.25, -0.2) is 9.97 Å². The maximum absolute atomic E-state index is 12.9. The lowest BCUT2D eigenvalue weighted by Gasteiger charge is -2.37. The number of hydrogen-bond acceptors (Lipinski definition) is 5. The van der Waals surface area contributed by atoms with E-state index in [4.69, 9.17) is 4.98 Å². The number of pyridine rings is 1. The maximum atomic E-state index is 12.9. The first-order valence-electron chi connectivity index (χ1n) is 8.96. The summed E-state index contributed by atoms with van der Waals surface area (Å²) in [6, 6.07) is 3.93. The highest BCUT2D eigenvalue weighted by Gasteiger charge is 2.31. The van der Waals surface area contributed by atoms with Crippen LogP contribution in [-0.4, -0.2) is 47.0 Å². The zero-order valence-corrected chi connectivity index (χ0v) is 15.0. The molecule has 1 atom stereocenters. The largest absolute Gasteiger partial charge is 0.347 e. The monoisotopic (exact) mass is 344 g/mol. The van der Waals surface area contributed by atoms with Gasteiger partial charge in [-0.05, 0) is 43.7 Å². The van der Waals surface area contributed by atoms with Gasteiger partial charge in [0.2, 0.25) is 5.91 Å². The third-order valence-electron chi connectivity index (χ3n) is 5.29. The van der Waals surface area contributed by atoms with Crippen LogP contribution in [0.25, 0.3) is 10.3 Å². The van der Waals surface area contributed by atoms with Gasteiger partial charge in [-0.3, -0.25) is 4.79 Å². The minimum Gasteiger partial charge on any atom is -0.347 e. The normalized spacial score (nSPS) is 23.0. The van der Waals surface area contributed by atoms with E-state index in [9.17, 15) is 4.79 Å². The first-order valence-corrected chi connectivity index (χ1v) is 9.77. The summed E-state index contributed by atoms with van der Waals surface area (Å²) in [6.45, 7) is 5.93. The predicted molar refractivity (Wildman–Crippen MR) is 97.3 cm³/mol. The number of nitrogens with zero attached hydrogens (tertiary/aromatic N) is 4. The molecule has 0 N–H and O–H groups in total. The Kier molecular flexibility index (Phi) is 4.39. The molecule has 2 aromatic heterocycles. The number of likely N-dealkylation sites (tertiary alicyclic amines) is 1. The van der Waals surface area contributed by atoms with E-state index in [1.807, 2.05) is 18.3 Å². The Morgan fingerprint density at radius 2 is 2.08 bits per heavy atom. The Morgan fingerprint density at radius 1 is 1.25 bits per heavy atom. The van der Waals surface area contributed by atoms with Gasteiger partial charge >= 0.3 is 0 Å². The molecular formula is C18H24N4OS. The van der Waals surface area contributed by atoms with Gasteiger partial charge in [-0.2, -0.15) is 0 Å². The van der Waals surface area contributed by atoms with Crippen LogP contribution in [0.5, 0.6) is 0 Å². The number of thiazole rings is 1. The molecule has 24 heavy (non-hydrogen) atoms. The van der Waals surface area contributed by atoms with Crippen molar-refractivity contribution in [2.45, 2.75) is 32.6 Å². The average molecular weight is 344 g/mol. The van der Waals surface area contributed by atoms with Crippen LogP contribution >= 0.6 is 11.3 Å². The number of carbonyl (C=O) groups is 1. The second-order valence-corrected chi connectivity index (χ2v) is 8.07. The van der Waals surface area contributed by atoms with Crippen LogP contribution in [-0.2, 0) is 4.79 Å². The van der Waals surface area contributed by atoms with Crippen molar-refractivity contribution in [1.29, 1.82) is 0 Å². The highest BCUT2D eigenvalue weighted by Crippen LogP contribution is 2.31. The standard InChI is InChI=1S/C18H24N4OS/c1-13-6-10-21(11-7-13)17(23)14-4-3-9-22(12-14)18-20-15-5-2-8-19-16(15)24-18/h2,5,8,13-14H,3-4,6-7,9-12H2,1H3. The van der Waals surface area contributed by atoms with Gasteiger partial charge in [-0.1, -0.05) is 18.3 Å². The summed E-state index contributed by atoms with van der Waals surface area (Å²) in [5, 5.41) is 1.01. The zero-order valence-electron chi connectivity index (χ0n) is 14.1. The van der Waals surface area contributed by atoms with Gasteiger partial charge in [0.15, 0.2) is 5.13 Å². The minimum atomic E-state index is 0.118. The fourth-order valence-corrected chi connectivity index (χ4v) is 4.68. The highest BCUT2D eigenvalue weighted by molar-refractivity contribution is 7.21. The summed E-state index contributed by atoms with van der Waals surface area (Å²) >= 11 is 1.63. The van der Waals surface area contributed by atoms with Crippen LogP contribution in [0, 0.1) is 11.8 Å². The van der Waals surface area contributed by atoms with Crippen molar-refractivity contribution in [1.82, 2.24) is 14.9 Å². The number of carbonyl (C=O) groups excluding carboxylic acids is 1. The smallest absolute Gasteiger partial charge is 0.227 e. The Morgan fingerprint density at radius 3 is 2.88 bits per heavy atom. The second-order valence-electron chi connectivity index (χ2n) is 7.12. The van der Waals surface area contributed by atoms with Crippen LogP contribution in [0.4, 0.5) is 5.13 Å². The molecule has 2 aliphatic rings. The molecule has 2 fully saturated rings. The molecule has 0 bridgehead atoms. The molecule has 1 unspecified atom stereocenters. The molecule has 2 saturated heterocycles. The molecule has 0 saturated carbocycles. The van der Waals surface area contributed by atoms with Gasteiger partial charge in [0, 0.05) is 32.4 Å². The molecule has 2 aromatic rings. The SMILES string of the molecule is CC1CCN(C(=O)C2CCCN(c3nc4cccnc4s3)C2)CC1. The van der Waals surface area contributed by atoms with Crippen molar-refractivity contribution in [3.8, 4) is 0 Å².